The van der Waals surface area contributed by atoms with Crippen LogP contribution in [0.1, 0.15) is 40.1 Å². The van der Waals surface area contributed by atoms with Gasteiger partial charge in [0.2, 0.25) is 5.91 Å². The monoisotopic (exact) mass is 506 g/mol. The van der Waals surface area contributed by atoms with Crippen molar-refractivity contribution in [2.45, 2.75) is 58.3 Å². The van der Waals surface area contributed by atoms with E-state index < -0.39 is 5.60 Å². The molecule has 2 aliphatic rings. The number of hydrogen-bond donors (Lipinski definition) is 1. The molecule has 34 heavy (non-hydrogen) atoms. The van der Waals surface area contributed by atoms with Crippen LogP contribution >= 0.6 is 22.9 Å². The summed E-state index contributed by atoms with van der Waals surface area (Å²) in [5, 5.41) is 10.6. The zero-order chi connectivity index (χ0) is 24.3. The molecule has 0 radical (unpaired) electrons. The van der Waals surface area contributed by atoms with Crippen LogP contribution in [0.4, 0.5) is 0 Å². The van der Waals surface area contributed by atoms with Crippen molar-refractivity contribution in [3.05, 3.63) is 50.2 Å². The summed E-state index contributed by atoms with van der Waals surface area (Å²) in [6.45, 7) is 10.4. The zero-order valence-corrected chi connectivity index (χ0v) is 21.9. The van der Waals surface area contributed by atoms with Crippen LogP contribution in [-0.2, 0) is 16.1 Å². The number of likely N-dealkylation sites (tertiary alicyclic amines) is 1. The minimum atomic E-state index is -0.737. The number of carbonyl (C=O) groups excluding carboxylic acids is 1. The molecule has 2 aliphatic heterocycles. The van der Waals surface area contributed by atoms with E-state index >= 15 is 0 Å². The zero-order valence-electron chi connectivity index (χ0n) is 20.3. The van der Waals surface area contributed by atoms with Gasteiger partial charge < -0.3 is 19.5 Å². The molecule has 2 fully saturated rings. The molecule has 2 saturated heterocycles. The van der Waals surface area contributed by atoms with Gasteiger partial charge in [0.15, 0.2) is 0 Å². The minimum absolute atomic E-state index is 0.0628. The molecule has 3 heterocycles. The van der Waals surface area contributed by atoms with Crippen LogP contribution in [0.3, 0.4) is 0 Å². The summed E-state index contributed by atoms with van der Waals surface area (Å²) in [4.78, 5) is 20.1. The van der Waals surface area contributed by atoms with Gasteiger partial charge in [0.1, 0.15) is 18.0 Å². The molecule has 186 valence electrons. The van der Waals surface area contributed by atoms with Gasteiger partial charge in [-0.1, -0.05) is 11.6 Å². The highest BCUT2D eigenvalue weighted by Gasteiger charge is 2.41. The molecule has 1 aromatic carbocycles. The number of benzene rings is 1. The molecule has 8 heteroatoms. The van der Waals surface area contributed by atoms with Crippen LogP contribution in [0, 0.1) is 20.8 Å². The van der Waals surface area contributed by atoms with E-state index in [4.69, 9.17) is 21.1 Å². The average molecular weight is 507 g/mol. The van der Waals surface area contributed by atoms with Crippen LogP contribution < -0.4 is 4.74 Å². The quantitative estimate of drug-likeness (QED) is 0.605. The van der Waals surface area contributed by atoms with Crippen LogP contribution in [0.5, 0.6) is 5.75 Å². The van der Waals surface area contributed by atoms with Crippen LogP contribution in [-0.4, -0.2) is 71.9 Å². The van der Waals surface area contributed by atoms with Gasteiger partial charge in [0, 0.05) is 47.5 Å². The number of nitrogens with zero attached hydrogens (tertiary/aromatic N) is 2. The number of amides is 1. The van der Waals surface area contributed by atoms with E-state index in [-0.39, 0.29) is 25.0 Å². The molecular formula is C26H35ClN2O4S. The molecule has 0 unspecified atom stereocenters. The fourth-order valence-corrected chi connectivity index (χ4v) is 5.84. The molecule has 1 aromatic heterocycles. The van der Waals surface area contributed by atoms with Gasteiger partial charge in [-0.15, -0.1) is 11.3 Å². The Morgan fingerprint density at radius 2 is 1.91 bits per heavy atom. The molecule has 6 nitrogen and oxygen atoms in total. The van der Waals surface area contributed by atoms with Gasteiger partial charge in [0.05, 0.1) is 19.1 Å². The highest BCUT2D eigenvalue weighted by molar-refractivity contribution is 7.11. The smallest absolute Gasteiger partial charge is 0.225 e. The van der Waals surface area contributed by atoms with E-state index in [1.807, 2.05) is 42.2 Å². The molecule has 2 aromatic rings. The van der Waals surface area contributed by atoms with Crippen molar-refractivity contribution in [1.82, 2.24) is 9.80 Å². The molecule has 0 bridgehead atoms. The third-order valence-corrected chi connectivity index (χ3v) is 8.29. The molecule has 1 amide bonds. The van der Waals surface area contributed by atoms with Crippen molar-refractivity contribution in [2.75, 3.05) is 39.4 Å². The number of aliphatic hydroxyl groups is 1. The summed E-state index contributed by atoms with van der Waals surface area (Å²) in [6, 6.07) is 8.20. The first-order valence-electron chi connectivity index (χ1n) is 12.0. The Morgan fingerprint density at radius 1 is 1.21 bits per heavy atom. The van der Waals surface area contributed by atoms with Crippen molar-refractivity contribution < 1.29 is 19.4 Å². The lowest BCUT2D eigenvalue weighted by molar-refractivity contribution is -0.158. The molecule has 4 rings (SSSR count). The Labute approximate surface area is 211 Å². The van der Waals surface area contributed by atoms with Crippen molar-refractivity contribution in [1.29, 1.82) is 0 Å². The van der Waals surface area contributed by atoms with E-state index in [0.29, 0.717) is 39.1 Å². The normalized spacial score (nSPS) is 22.2. The molecule has 0 aliphatic carbocycles. The second-order valence-electron chi connectivity index (χ2n) is 9.70. The summed E-state index contributed by atoms with van der Waals surface area (Å²) in [5.74, 6) is 0.801. The van der Waals surface area contributed by atoms with Crippen LogP contribution in [0.15, 0.2) is 24.3 Å². The Balaban J connectivity index is 1.50. The standard InChI is InChI=1S/C26H35ClN2O4S/c1-18-12-22(13-19(2)25(18)27)32-17-26(14-24(31)29-8-6-21(30)7-9-29)16-28(10-11-33-26)15-23-5-4-20(3)34-23/h4-5,12-13,21,30H,6-11,14-17H2,1-3H3/t26-/m1/s1. The van der Waals surface area contributed by atoms with Crippen molar-refractivity contribution in [3.8, 4) is 5.75 Å². The van der Waals surface area contributed by atoms with Gasteiger partial charge in [-0.2, -0.15) is 0 Å². The van der Waals surface area contributed by atoms with Crippen LogP contribution in [0.25, 0.3) is 0 Å². The van der Waals surface area contributed by atoms with Gasteiger partial charge in [-0.3, -0.25) is 9.69 Å². The number of aryl methyl sites for hydroxylation is 3. The average Bonchev–Trinajstić information content (AvgIpc) is 3.21. The first-order valence-corrected chi connectivity index (χ1v) is 13.2. The number of aliphatic hydroxyl groups excluding tert-OH is 1. The fraction of sp³-hybridized carbons (Fsp3) is 0.577. The number of piperidine rings is 1. The topological polar surface area (TPSA) is 62.2 Å². The minimum Gasteiger partial charge on any atom is -0.490 e. The largest absolute Gasteiger partial charge is 0.490 e. The lowest BCUT2D eigenvalue weighted by atomic mass is 9.95. The Bertz CT molecular complexity index is 981. The van der Waals surface area contributed by atoms with E-state index in [1.54, 1.807) is 0 Å². The summed E-state index contributed by atoms with van der Waals surface area (Å²) >= 11 is 8.14. The predicted molar refractivity (Wildman–Crippen MR) is 136 cm³/mol. The van der Waals surface area contributed by atoms with E-state index in [2.05, 4.69) is 24.0 Å². The highest BCUT2D eigenvalue weighted by Crippen LogP contribution is 2.30. The first kappa shape index (κ1) is 25.5. The number of hydrogen-bond acceptors (Lipinski definition) is 6. The second kappa shape index (κ2) is 11.0. The summed E-state index contributed by atoms with van der Waals surface area (Å²) < 4.78 is 12.6. The van der Waals surface area contributed by atoms with Gasteiger partial charge in [-0.25, -0.2) is 0 Å². The number of morpholine rings is 1. The second-order valence-corrected chi connectivity index (χ2v) is 11.5. The predicted octanol–water partition coefficient (Wildman–Crippen LogP) is 4.35. The lowest BCUT2D eigenvalue weighted by Gasteiger charge is -2.43. The maximum Gasteiger partial charge on any atom is 0.225 e. The number of rotatable bonds is 7. The number of carbonyl (C=O) groups is 1. The van der Waals surface area contributed by atoms with Crippen molar-refractivity contribution in [2.24, 2.45) is 0 Å². The Morgan fingerprint density at radius 3 is 2.56 bits per heavy atom. The maximum absolute atomic E-state index is 13.3. The van der Waals surface area contributed by atoms with E-state index in [0.717, 1.165) is 35.0 Å². The molecule has 1 atom stereocenters. The third kappa shape index (κ3) is 6.32. The fourth-order valence-electron chi connectivity index (χ4n) is 4.80. The first-order chi connectivity index (χ1) is 16.2. The third-order valence-electron chi connectivity index (χ3n) is 6.71. The molecule has 0 spiro atoms. The summed E-state index contributed by atoms with van der Waals surface area (Å²) in [6.07, 6.45) is 1.20. The SMILES string of the molecule is Cc1ccc(CN2CCO[C@](COc3cc(C)c(Cl)c(C)c3)(CC(=O)N3CCC(O)CC3)C2)s1. The van der Waals surface area contributed by atoms with E-state index in [9.17, 15) is 9.90 Å². The molecule has 0 saturated carbocycles. The maximum atomic E-state index is 13.3. The highest BCUT2D eigenvalue weighted by atomic mass is 35.5. The Hall–Kier alpha value is -1.64. The van der Waals surface area contributed by atoms with Gasteiger partial charge in [-0.05, 0) is 69.0 Å². The number of halogens is 1. The van der Waals surface area contributed by atoms with Gasteiger partial charge in [0.25, 0.3) is 0 Å². The number of ether oxygens (including phenoxy) is 2. The molecular weight excluding hydrogens is 472 g/mol. The summed E-state index contributed by atoms with van der Waals surface area (Å²) in [5.41, 5.74) is 1.19. The lowest BCUT2D eigenvalue weighted by Crippen LogP contribution is -2.57. The van der Waals surface area contributed by atoms with Crippen LogP contribution in [0.2, 0.25) is 5.02 Å². The van der Waals surface area contributed by atoms with Gasteiger partial charge >= 0.3 is 0 Å². The number of thiophene rings is 1. The molecule has 1 N–H and O–H groups in total. The van der Waals surface area contributed by atoms with E-state index in [1.165, 1.54) is 9.75 Å². The van der Waals surface area contributed by atoms with Crippen molar-refractivity contribution >= 4 is 28.8 Å². The Kier molecular flexibility index (Phi) is 8.20. The van der Waals surface area contributed by atoms with Crippen molar-refractivity contribution in [3.63, 3.8) is 0 Å². The summed E-state index contributed by atoms with van der Waals surface area (Å²) in [7, 11) is 0.